The summed E-state index contributed by atoms with van der Waals surface area (Å²) < 4.78 is 15.6. The van der Waals surface area contributed by atoms with E-state index in [9.17, 15) is 9.18 Å². The van der Waals surface area contributed by atoms with Gasteiger partial charge in [-0.1, -0.05) is 57.1 Å². The highest BCUT2D eigenvalue weighted by molar-refractivity contribution is 7.09. The van der Waals surface area contributed by atoms with Crippen molar-refractivity contribution in [3.05, 3.63) is 44.4 Å². The molecule has 1 aromatic heterocycles. The number of nitrogens with zero attached hydrogens (tertiary/aromatic N) is 3. The fourth-order valence-electron chi connectivity index (χ4n) is 1.96. The van der Waals surface area contributed by atoms with Crippen molar-refractivity contribution in [3.63, 3.8) is 0 Å². The van der Waals surface area contributed by atoms with Crippen LogP contribution in [0.5, 0.6) is 0 Å². The Morgan fingerprint density at radius 2 is 2.12 bits per heavy atom. The largest absolute Gasteiger partial charge is 0.282 e. The van der Waals surface area contributed by atoms with Crippen LogP contribution in [0.4, 0.5) is 4.39 Å². The molecule has 0 unspecified atom stereocenters. The first kappa shape index (κ1) is 18.8. The lowest BCUT2D eigenvalue weighted by atomic mass is 9.98. The second-order valence-corrected chi connectivity index (χ2v) is 7.95. The summed E-state index contributed by atoms with van der Waals surface area (Å²) in [6.45, 7) is 8.92. The van der Waals surface area contributed by atoms with Crippen LogP contribution in [0.25, 0.3) is 0 Å². The lowest BCUT2D eigenvalue weighted by Crippen LogP contribution is -2.19. The van der Waals surface area contributed by atoms with E-state index in [2.05, 4.69) is 37.8 Å². The molecule has 0 radical (unpaired) electrons. The molecule has 2 aromatic rings. The van der Waals surface area contributed by atoms with Crippen molar-refractivity contribution in [2.45, 2.75) is 52.5 Å². The van der Waals surface area contributed by atoms with Crippen molar-refractivity contribution in [2.75, 3.05) is 0 Å². The monoisotopic (exact) mass is 369 g/mol. The molecular weight excluding hydrogens is 349 g/mol. The predicted octanol–water partition coefficient (Wildman–Crippen LogP) is 4.58. The van der Waals surface area contributed by atoms with Crippen molar-refractivity contribution in [1.82, 2.24) is 9.78 Å². The van der Waals surface area contributed by atoms with Gasteiger partial charge in [0.05, 0.1) is 5.56 Å². The minimum atomic E-state index is -0.649. The van der Waals surface area contributed by atoms with Gasteiger partial charge in [-0.2, -0.15) is 10.1 Å². The van der Waals surface area contributed by atoms with Crippen LogP contribution in [0.15, 0.2) is 23.2 Å². The summed E-state index contributed by atoms with van der Waals surface area (Å²) in [6, 6.07) is 3.87. The van der Waals surface area contributed by atoms with E-state index < -0.39 is 11.7 Å². The maximum absolute atomic E-state index is 13.9. The van der Waals surface area contributed by atoms with E-state index in [0.717, 1.165) is 17.8 Å². The average Bonchev–Trinajstić information content (AvgIpc) is 2.90. The molecule has 0 saturated heterocycles. The molecule has 4 nitrogen and oxygen atoms in total. The molecule has 1 heterocycles. The van der Waals surface area contributed by atoms with E-state index in [-0.39, 0.29) is 11.0 Å². The van der Waals surface area contributed by atoms with Gasteiger partial charge in [0.1, 0.15) is 10.8 Å². The number of hydrogen-bond acceptors (Lipinski definition) is 3. The number of aromatic nitrogens is 2. The summed E-state index contributed by atoms with van der Waals surface area (Å²) in [7, 11) is 0. The molecule has 0 aliphatic heterocycles. The lowest BCUT2D eigenvalue weighted by Gasteiger charge is -2.12. The number of carbonyl (C=O) groups is 1. The zero-order chi connectivity index (χ0) is 17.9. The summed E-state index contributed by atoms with van der Waals surface area (Å²) in [4.78, 5) is 17.0. The van der Waals surface area contributed by atoms with Gasteiger partial charge in [0.15, 0.2) is 0 Å². The molecule has 0 atom stereocenters. The predicted molar refractivity (Wildman–Crippen MR) is 95.0 cm³/mol. The Balaban J connectivity index is 2.48. The summed E-state index contributed by atoms with van der Waals surface area (Å²) in [5.74, 6) is -1.28. The van der Waals surface area contributed by atoms with Crippen molar-refractivity contribution >= 4 is 28.8 Å². The smallest absolute Gasteiger partial charge is 0.267 e. The molecule has 130 valence electrons. The van der Waals surface area contributed by atoms with E-state index in [1.54, 1.807) is 4.68 Å². The van der Waals surface area contributed by atoms with Crippen LogP contribution in [0.1, 0.15) is 55.9 Å². The second-order valence-electron chi connectivity index (χ2n) is 6.56. The van der Waals surface area contributed by atoms with E-state index in [4.69, 9.17) is 11.6 Å². The minimum absolute atomic E-state index is 0.129. The first-order valence-electron chi connectivity index (χ1n) is 7.85. The molecule has 7 heteroatoms. The number of hydrogen-bond donors (Lipinski definition) is 0. The van der Waals surface area contributed by atoms with Crippen molar-refractivity contribution in [2.24, 2.45) is 4.99 Å². The fraction of sp³-hybridized carbons (Fsp3) is 0.471. The van der Waals surface area contributed by atoms with Crippen LogP contribution >= 0.6 is 22.9 Å². The molecular formula is C17H21ClFN3OS. The Labute approximate surface area is 150 Å². The van der Waals surface area contributed by atoms with Gasteiger partial charge >= 0.3 is 0 Å². The normalized spacial score (nSPS) is 12.7. The Morgan fingerprint density at radius 1 is 1.42 bits per heavy atom. The number of unbranched alkanes of at least 4 members (excludes halogenated alkanes) is 1. The summed E-state index contributed by atoms with van der Waals surface area (Å²) in [5.41, 5.74) is -0.272. The first-order chi connectivity index (χ1) is 11.2. The minimum Gasteiger partial charge on any atom is -0.267 e. The molecule has 0 bridgehead atoms. The third-order valence-electron chi connectivity index (χ3n) is 3.34. The van der Waals surface area contributed by atoms with E-state index in [1.807, 2.05) is 0 Å². The SMILES string of the molecule is CCCCn1nc(C(C)(C)C)sc1=NC(=O)c1cc(Cl)ccc1F. The Kier molecular flexibility index (Phi) is 5.93. The van der Waals surface area contributed by atoms with E-state index in [0.29, 0.717) is 16.4 Å². The van der Waals surface area contributed by atoms with Crippen LogP contribution in [0, 0.1) is 5.82 Å². The second kappa shape index (κ2) is 7.57. The maximum Gasteiger partial charge on any atom is 0.282 e. The van der Waals surface area contributed by atoms with Crippen LogP contribution in [-0.4, -0.2) is 15.7 Å². The van der Waals surface area contributed by atoms with Gasteiger partial charge < -0.3 is 0 Å². The number of benzene rings is 1. The van der Waals surface area contributed by atoms with Gasteiger partial charge in [0.2, 0.25) is 4.80 Å². The summed E-state index contributed by atoms with van der Waals surface area (Å²) >= 11 is 7.21. The topological polar surface area (TPSA) is 47.2 Å². The molecule has 1 amide bonds. The maximum atomic E-state index is 13.9. The summed E-state index contributed by atoms with van der Waals surface area (Å²) in [6.07, 6.45) is 1.94. The molecule has 0 N–H and O–H groups in total. The van der Waals surface area contributed by atoms with Crippen LogP contribution < -0.4 is 4.80 Å². The van der Waals surface area contributed by atoms with Gasteiger partial charge in [-0.3, -0.25) is 4.79 Å². The molecule has 0 saturated carbocycles. The van der Waals surface area contributed by atoms with E-state index >= 15 is 0 Å². The van der Waals surface area contributed by atoms with Gasteiger partial charge in [-0.05, 0) is 24.6 Å². The van der Waals surface area contributed by atoms with Crippen molar-refractivity contribution in [3.8, 4) is 0 Å². The Bertz CT molecular complexity index is 805. The Hall–Kier alpha value is -1.53. The molecule has 24 heavy (non-hydrogen) atoms. The molecule has 1 aromatic carbocycles. The highest BCUT2D eigenvalue weighted by Crippen LogP contribution is 2.22. The number of aryl methyl sites for hydroxylation is 1. The van der Waals surface area contributed by atoms with Gasteiger partial charge in [-0.25, -0.2) is 9.07 Å². The first-order valence-corrected chi connectivity index (χ1v) is 9.04. The average molecular weight is 370 g/mol. The fourth-order valence-corrected chi connectivity index (χ4v) is 3.11. The molecule has 0 aliphatic carbocycles. The van der Waals surface area contributed by atoms with Crippen LogP contribution in [0.3, 0.4) is 0 Å². The molecule has 0 fully saturated rings. The van der Waals surface area contributed by atoms with E-state index in [1.165, 1.54) is 29.5 Å². The zero-order valence-electron chi connectivity index (χ0n) is 14.3. The number of rotatable bonds is 4. The van der Waals surface area contributed by atoms with Crippen molar-refractivity contribution in [1.29, 1.82) is 0 Å². The number of amides is 1. The highest BCUT2D eigenvalue weighted by atomic mass is 35.5. The van der Waals surface area contributed by atoms with Crippen LogP contribution in [0.2, 0.25) is 5.02 Å². The number of carbonyl (C=O) groups excluding carboxylic acids is 1. The molecule has 2 rings (SSSR count). The third kappa shape index (κ3) is 4.51. The van der Waals surface area contributed by atoms with Gasteiger partial charge in [0, 0.05) is 17.0 Å². The molecule has 0 aliphatic rings. The van der Waals surface area contributed by atoms with Crippen molar-refractivity contribution < 1.29 is 9.18 Å². The molecule has 0 spiro atoms. The Morgan fingerprint density at radius 3 is 2.75 bits per heavy atom. The van der Waals surface area contributed by atoms with Gasteiger partial charge in [-0.15, -0.1) is 0 Å². The van der Waals surface area contributed by atoms with Gasteiger partial charge in [0.25, 0.3) is 5.91 Å². The zero-order valence-corrected chi connectivity index (χ0v) is 15.8. The number of halogens is 2. The summed E-state index contributed by atoms with van der Waals surface area (Å²) in [5, 5.41) is 5.76. The lowest BCUT2D eigenvalue weighted by molar-refractivity contribution is 0.0993. The quantitative estimate of drug-likeness (QED) is 0.792. The standard InChI is InChI=1S/C17H21ClFN3OS/c1-5-6-9-22-16(24-15(21-22)17(2,3)4)20-14(23)12-10-11(18)7-8-13(12)19/h7-8,10H,5-6,9H2,1-4H3. The highest BCUT2D eigenvalue weighted by Gasteiger charge is 2.20. The van der Waals surface area contributed by atoms with Crippen LogP contribution in [-0.2, 0) is 12.0 Å². The third-order valence-corrected chi connectivity index (χ3v) is 4.95.